The number of ether oxygens (including phenoxy) is 2. The van der Waals surface area contributed by atoms with Crippen molar-refractivity contribution in [2.75, 3.05) is 6.61 Å². The van der Waals surface area contributed by atoms with Gasteiger partial charge in [0, 0.05) is 18.4 Å². The highest BCUT2D eigenvalue weighted by atomic mass is 16.7. The third kappa shape index (κ3) is 2.81. The maximum atomic E-state index is 12.5. The van der Waals surface area contributed by atoms with Crippen molar-refractivity contribution in [3.8, 4) is 0 Å². The number of carbonyl (C=O) groups excluding carboxylic acids is 1. The summed E-state index contributed by atoms with van der Waals surface area (Å²) in [6.45, 7) is 9.52. The van der Waals surface area contributed by atoms with Crippen LogP contribution in [0.25, 0.3) is 0 Å². The summed E-state index contributed by atoms with van der Waals surface area (Å²) >= 11 is 0. The molecule has 7 atom stereocenters. The van der Waals surface area contributed by atoms with Crippen LogP contribution in [0.15, 0.2) is 11.6 Å². The van der Waals surface area contributed by atoms with Crippen LogP contribution in [0.2, 0.25) is 0 Å². The minimum absolute atomic E-state index is 0.0178. The lowest BCUT2D eigenvalue weighted by Gasteiger charge is -2.57. The summed E-state index contributed by atoms with van der Waals surface area (Å²) in [7, 11) is 0. The van der Waals surface area contributed by atoms with Crippen LogP contribution in [-0.4, -0.2) is 24.8 Å². The molecule has 0 bridgehead atoms. The van der Waals surface area contributed by atoms with Gasteiger partial charge in [-0.3, -0.25) is 4.79 Å². The first-order valence-electron chi connectivity index (χ1n) is 10.9. The van der Waals surface area contributed by atoms with E-state index in [0.29, 0.717) is 35.7 Å². The lowest BCUT2D eigenvalue weighted by molar-refractivity contribution is -0.167. The van der Waals surface area contributed by atoms with Crippen molar-refractivity contribution in [2.45, 2.75) is 91.5 Å². The third-order valence-electron chi connectivity index (χ3n) is 8.55. The monoisotopic (exact) mass is 360 g/mol. The number of rotatable bonds is 4. The molecule has 4 aliphatic carbocycles. The Morgan fingerprint density at radius 2 is 1.88 bits per heavy atom. The van der Waals surface area contributed by atoms with Crippen LogP contribution >= 0.6 is 0 Å². The molecule has 146 valence electrons. The molecule has 4 aliphatic rings. The van der Waals surface area contributed by atoms with Crippen molar-refractivity contribution in [1.29, 1.82) is 0 Å². The first-order valence-corrected chi connectivity index (χ1v) is 10.9. The first-order chi connectivity index (χ1) is 12.4. The molecule has 3 saturated carbocycles. The van der Waals surface area contributed by atoms with Gasteiger partial charge in [0.1, 0.15) is 5.78 Å². The molecule has 1 unspecified atom stereocenters. The lowest BCUT2D eigenvalue weighted by Crippen LogP contribution is -2.50. The molecule has 0 spiro atoms. The highest BCUT2D eigenvalue weighted by Crippen LogP contribution is 2.64. The van der Waals surface area contributed by atoms with E-state index < -0.39 is 0 Å². The van der Waals surface area contributed by atoms with Gasteiger partial charge in [0.2, 0.25) is 0 Å². The minimum atomic E-state index is -0.105. The molecular weight excluding hydrogens is 324 g/mol. The second-order valence-corrected chi connectivity index (χ2v) is 9.70. The van der Waals surface area contributed by atoms with Crippen molar-refractivity contribution in [1.82, 2.24) is 0 Å². The molecule has 0 amide bonds. The molecule has 0 aromatic heterocycles. The molecule has 3 heteroatoms. The van der Waals surface area contributed by atoms with E-state index in [1.54, 1.807) is 5.57 Å². The van der Waals surface area contributed by atoms with E-state index in [-0.39, 0.29) is 11.7 Å². The molecule has 26 heavy (non-hydrogen) atoms. The fourth-order valence-electron chi connectivity index (χ4n) is 7.06. The van der Waals surface area contributed by atoms with Gasteiger partial charge >= 0.3 is 0 Å². The Balaban J connectivity index is 1.51. The highest BCUT2D eigenvalue weighted by Gasteiger charge is 2.58. The molecule has 0 aromatic carbocycles. The molecular formula is C23H36O3. The predicted octanol–water partition coefficient (Wildman–Crippen LogP) is 5.29. The average Bonchev–Trinajstić information content (AvgIpc) is 2.91. The average molecular weight is 361 g/mol. The van der Waals surface area contributed by atoms with E-state index in [4.69, 9.17) is 9.47 Å². The van der Waals surface area contributed by atoms with Crippen molar-refractivity contribution in [3.63, 3.8) is 0 Å². The van der Waals surface area contributed by atoms with Gasteiger partial charge in [-0.15, -0.1) is 0 Å². The molecule has 0 heterocycles. The standard InChI is InChI=1S/C23H36O3/c1-5-25-15(2)26-17-10-12-22(3)16(14-17)6-7-18-19-8-9-21(24)23(19,4)13-11-20(18)22/h6,15,17-20H,5,7-14H2,1-4H3/t15?,17-,18-,19-,20-,22-,23-/m0/s1. The zero-order chi connectivity index (χ0) is 18.5. The summed E-state index contributed by atoms with van der Waals surface area (Å²) in [5.74, 6) is 2.64. The molecule has 3 nitrogen and oxygen atoms in total. The predicted molar refractivity (Wildman–Crippen MR) is 103 cm³/mol. The Bertz CT molecular complexity index is 596. The van der Waals surface area contributed by atoms with Crippen LogP contribution < -0.4 is 0 Å². The van der Waals surface area contributed by atoms with E-state index in [0.717, 1.165) is 38.0 Å². The van der Waals surface area contributed by atoms with Gasteiger partial charge in [-0.2, -0.15) is 0 Å². The quantitative estimate of drug-likeness (QED) is 0.505. The Kier molecular flexibility index (Phi) is 4.84. The largest absolute Gasteiger partial charge is 0.353 e. The van der Waals surface area contributed by atoms with Gasteiger partial charge in [0.25, 0.3) is 0 Å². The Hall–Kier alpha value is -0.670. The number of hydrogen-bond acceptors (Lipinski definition) is 3. The van der Waals surface area contributed by atoms with Crippen LogP contribution in [-0.2, 0) is 14.3 Å². The van der Waals surface area contributed by atoms with Gasteiger partial charge in [0.05, 0.1) is 6.10 Å². The summed E-state index contributed by atoms with van der Waals surface area (Å²) in [4.78, 5) is 12.5. The zero-order valence-electron chi connectivity index (χ0n) is 17.1. The summed E-state index contributed by atoms with van der Waals surface area (Å²) in [6, 6.07) is 0. The molecule has 0 saturated heterocycles. The van der Waals surface area contributed by atoms with Crippen LogP contribution in [0, 0.1) is 28.6 Å². The molecule has 0 aliphatic heterocycles. The van der Waals surface area contributed by atoms with Crippen LogP contribution in [0.1, 0.15) is 79.1 Å². The fourth-order valence-corrected chi connectivity index (χ4v) is 7.06. The number of allylic oxidation sites excluding steroid dienone is 1. The molecule has 4 rings (SSSR count). The summed E-state index contributed by atoms with van der Waals surface area (Å²) in [5.41, 5.74) is 1.94. The number of Topliss-reactive ketones (excluding diaryl/α,β-unsaturated/α-hetero) is 1. The number of ketones is 1. The van der Waals surface area contributed by atoms with E-state index >= 15 is 0 Å². The minimum Gasteiger partial charge on any atom is -0.353 e. The Morgan fingerprint density at radius 3 is 2.65 bits per heavy atom. The number of hydrogen-bond donors (Lipinski definition) is 0. The van der Waals surface area contributed by atoms with Crippen molar-refractivity contribution >= 4 is 5.78 Å². The molecule has 0 aromatic rings. The SMILES string of the molecule is CCOC(C)O[C@H]1CC[C@@]2(C)C(=CC[C@@H]3[C@@H]2CC[C@]2(C)C(=O)CC[C@@H]32)C1. The second-order valence-electron chi connectivity index (χ2n) is 9.70. The van der Waals surface area contributed by atoms with E-state index in [1.165, 1.54) is 19.3 Å². The molecule has 3 fully saturated rings. The van der Waals surface area contributed by atoms with Gasteiger partial charge in [0.15, 0.2) is 6.29 Å². The van der Waals surface area contributed by atoms with Gasteiger partial charge in [-0.1, -0.05) is 25.5 Å². The van der Waals surface area contributed by atoms with Crippen molar-refractivity contribution in [3.05, 3.63) is 11.6 Å². The third-order valence-corrected chi connectivity index (χ3v) is 8.55. The maximum absolute atomic E-state index is 12.5. The summed E-state index contributed by atoms with van der Waals surface area (Å²) < 4.78 is 11.7. The normalized spacial score (nSPS) is 46.2. The van der Waals surface area contributed by atoms with E-state index in [9.17, 15) is 4.79 Å². The maximum Gasteiger partial charge on any atom is 0.155 e. The molecule has 0 N–H and O–H groups in total. The molecule has 0 radical (unpaired) electrons. The van der Waals surface area contributed by atoms with Crippen molar-refractivity contribution in [2.24, 2.45) is 28.6 Å². The van der Waals surface area contributed by atoms with E-state index in [1.807, 2.05) is 13.8 Å². The number of carbonyl (C=O) groups is 1. The van der Waals surface area contributed by atoms with Crippen molar-refractivity contribution < 1.29 is 14.3 Å². The fraction of sp³-hybridized carbons (Fsp3) is 0.870. The van der Waals surface area contributed by atoms with Gasteiger partial charge in [-0.25, -0.2) is 0 Å². The smallest absolute Gasteiger partial charge is 0.155 e. The Morgan fingerprint density at radius 1 is 1.15 bits per heavy atom. The van der Waals surface area contributed by atoms with Crippen LogP contribution in [0.5, 0.6) is 0 Å². The highest BCUT2D eigenvalue weighted by molar-refractivity contribution is 5.87. The van der Waals surface area contributed by atoms with Crippen LogP contribution in [0.4, 0.5) is 0 Å². The first kappa shape index (κ1) is 18.7. The number of fused-ring (bicyclic) bond motifs is 5. The second kappa shape index (κ2) is 6.74. The summed E-state index contributed by atoms with van der Waals surface area (Å²) in [6.07, 6.45) is 11.6. The van der Waals surface area contributed by atoms with E-state index in [2.05, 4.69) is 19.9 Å². The van der Waals surface area contributed by atoms with Gasteiger partial charge < -0.3 is 9.47 Å². The lowest BCUT2D eigenvalue weighted by atomic mass is 9.48. The van der Waals surface area contributed by atoms with Gasteiger partial charge in [-0.05, 0) is 82.0 Å². The zero-order valence-corrected chi connectivity index (χ0v) is 17.1. The van der Waals surface area contributed by atoms with Crippen LogP contribution in [0.3, 0.4) is 0 Å². The summed E-state index contributed by atoms with van der Waals surface area (Å²) in [5, 5.41) is 0. The Labute approximate surface area is 158 Å². The topological polar surface area (TPSA) is 35.5 Å².